The number of carbonyl (C=O) groups is 1. The molecule has 4 nitrogen and oxygen atoms in total. The summed E-state index contributed by atoms with van der Waals surface area (Å²) in [5.74, 6) is 0.0809. The third-order valence-corrected chi connectivity index (χ3v) is 3.24. The van der Waals surface area contributed by atoms with E-state index in [2.05, 4.69) is 0 Å². The zero-order chi connectivity index (χ0) is 7.78. The summed E-state index contributed by atoms with van der Waals surface area (Å²) in [6.07, 6.45) is 0. The van der Waals surface area contributed by atoms with Gasteiger partial charge in [-0.3, -0.25) is 4.79 Å². The minimum atomic E-state index is -3.08. The first-order chi connectivity index (χ1) is 4.56. The van der Waals surface area contributed by atoms with Gasteiger partial charge in [0.2, 0.25) is 10.0 Å². The van der Waals surface area contributed by atoms with Crippen LogP contribution in [0.4, 0.5) is 0 Å². The quantitative estimate of drug-likeness (QED) is 0.536. The van der Waals surface area contributed by atoms with Gasteiger partial charge >= 0.3 is 0 Å². The van der Waals surface area contributed by atoms with Gasteiger partial charge in [-0.25, -0.2) is 8.42 Å². The number of nitrogens with zero attached hydrogens (tertiary/aromatic N) is 1. The molecule has 1 saturated heterocycles. The van der Waals surface area contributed by atoms with Crippen LogP contribution in [-0.4, -0.2) is 37.3 Å². The zero-order valence-electron chi connectivity index (χ0n) is 5.70. The van der Waals surface area contributed by atoms with Gasteiger partial charge in [0.25, 0.3) is 0 Å². The molecule has 0 aromatic carbocycles. The van der Waals surface area contributed by atoms with Crippen LogP contribution in [0.3, 0.4) is 0 Å². The lowest BCUT2D eigenvalue weighted by atomic mass is 10.3. The summed E-state index contributed by atoms with van der Waals surface area (Å²) < 4.78 is 23.0. The minimum Gasteiger partial charge on any atom is -0.297 e. The van der Waals surface area contributed by atoms with Crippen molar-refractivity contribution in [3.05, 3.63) is 0 Å². The largest absolute Gasteiger partial charge is 0.297 e. The smallest absolute Gasteiger partial charge is 0.214 e. The van der Waals surface area contributed by atoms with Gasteiger partial charge in [-0.15, -0.1) is 0 Å². The third-order valence-electron chi connectivity index (χ3n) is 1.46. The maximum atomic E-state index is 10.9. The van der Waals surface area contributed by atoms with Gasteiger partial charge in [-0.1, -0.05) is 0 Å². The van der Waals surface area contributed by atoms with Gasteiger partial charge in [0, 0.05) is 0 Å². The van der Waals surface area contributed by atoms with Crippen molar-refractivity contribution < 1.29 is 13.2 Å². The standard InChI is InChI=1S/C5H9NO3S/c1-2-10(8,9)6-3-5(7)4-6/h2-4H2,1H3. The molecule has 1 aliphatic rings. The van der Waals surface area contributed by atoms with Gasteiger partial charge in [-0.05, 0) is 6.92 Å². The molecule has 0 bridgehead atoms. The molecule has 58 valence electrons. The predicted molar refractivity (Wildman–Crippen MR) is 36.0 cm³/mol. The van der Waals surface area contributed by atoms with Crippen molar-refractivity contribution in [3.8, 4) is 0 Å². The lowest BCUT2D eigenvalue weighted by Gasteiger charge is -2.27. The number of Topliss-reactive ketones (excluding diaryl/α,β-unsaturated/α-hetero) is 1. The molecule has 0 spiro atoms. The molecule has 1 aliphatic heterocycles. The maximum absolute atomic E-state index is 10.9. The number of hydrogen-bond acceptors (Lipinski definition) is 3. The van der Waals surface area contributed by atoms with Gasteiger partial charge in [0.1, 0.15) is 0 Å². The molecule has 0 N–H and O–H groups in total. The molecule has 1 heterocycles. The predicted octanol–water partition coefficient (Wildman–Crippen LogP) is -0.779. The summed E-state index contributed by atoms with van der Waals surface area (Å²) in [5, 5.41) is 0. The fraction of sp³-hybridized carbons (Fsp3) is 0.800. The molecule has 0 aliphatic carbocycles. The fourth-order valence-electron chi connectivity index (χ4n) is 0.726. The van der Waals surface area contributed by atoms with E-state index in [0.717, 1.165) is 0 Å². The Labute approximate surface area is 59.9 Å². The van der Waals surface area contributed by atoms with Crippen LogP contribution in [0, 0.1) is 0 Å². The Hall–Kier alpha value is -0.420. The summed E-state index contributed by atoms with van der Waals surface area (Å²) in [6, 6.07) is 0. The Morgan fingerprint density at radius 2 is 2.00 bits per heavy atom. The normalized spacial score (nSPS) is 20.7. The summed E-state index contributed by atoms with van der Waals surface area (Å²) in [4.78, 5) is 10.4. The highest BCUT2D eigenvalue weighted by Crippen LogP contribution is 2.08. The molecule has 0 atom stereocenters. The van der Waals surface area contributed by atoms with Gasteiger partial charge in [0.05, 0.1) is 18.8 Å². The minimum absolute atomic E-state index is 0.00275. The molecule has 0 amide bonds. The van der Waals surface area contributed by atoms with Gasteiger partial charge in [0.15, 0.2) is 5.78 Å². The number of hydrogen-bond donors (Lipinski definition) is 0. The molecule has 1 fully saturated rings. The Kier molecular flexibility index (Phi) is 1.78. The molecule has 0 radical (unpaired) electrons. The molecule has 10 heavy (non-hydrogen) atoms. The number of carbonyl (C=O) groups excluding carboxylic acids is 1. The Morgan fingerprint density at radius 1 is 1.50 bits per heavy atom. The van der Waals surface area contributed by atoms with E-state index in [4.69, 9.17) is 0 Å². The fourth-order valence-corrected chi connectivity index (χ4v) is 1.77. The Morgan fingerprint density at radius 3 is 2.30 bits per heavy atom. The lowest BCUT2D eigenvalue weighted by molar-refractivity contribution is -0.125. The maximum Gasteiger partial charge on any atom is 0.214 e. The highest BCUT2D eigenvalue weighted by atomic mass is 32.2. The summed E-state index contributed by atoms with van der Waals surface area (Å²) in [7, 11) is -3.08. The van der Waals surface area contributed by atoms with Crippen molar-refractivity contribution in [2.45, 2.75) is 6.92 Å². The van der Waals surface area contributed by atoms with E-state index in [1.54, 1.807) is 6.92 Å². The van der Waals surface area contributed by atoms with Crippen molar-refractivity contribution in [3.63, 3.8) is 0 Å². The summed E-state index contributed by atoms with van der Waals surface area (Å²) in [6.45, 7) is 1.73. The monoisotopic (exact) mass is 163 g/mol. The second kappa shape index (κ2) is 2.32. The van der Waals surface area contributed by atoms with Crippen molar-refractivity contribution in [1.29, 1.82) is 0 Å². The molecule has 0 aromatic rings. The van der Waals surface area contributed by atoms with Crippen LogP contribution in [0.15, 0.2) is 0 Å². The van der Waals surface area contributed by atoms with Crippen molar-refractivity contribution >= 4 is 15.8 Å². The zero-order valence-corrected chi connectivity index (χ0v) is 6.52. The van der Waals surface area contributed by atoms with E-state index in [1.807, 2.05) is 0 Å². The molecule has 0 aromatic heterocycles. The third kappa shape index (κ3) is 1.19. The van der Waals surface area contributed by atoms with E-state index in [0.29, 0.717) is 0 Å². The van der Waals surface area contributed by atoms with Crippen LogP contribution in [0.5, 0.6) is 0 Å². The van der Waals surface area contributed by atoms with Gasteiger partial charge < -0.3 is 0 Å². The lowest BCUT2D eigenvalue weighted by Crippen LogP contribution is -2.50. The SMILES string of the molecule is CCS(=O)(=O)N1CC(=O)C1. The second-order valence-electron chi connectivity index (χ2n) is 2.21. The molecule has 5 heteroatoms. The highest BCUT2D eigenvalue weighted by Gasteiger charge is 2.32. The van der Waals surface area contributed by atoms with E-state index in [1.165, 1.54) is 4.31 Å². The Balaban J connectivity index is 2.61. The first-order valence-corrected chi connectivity index (χ1v) is 4.66. The van der Waals surface area contributed by atoms with Crippen LogP contribution in [0.25, 0.3) is 0 Å². The van der Waals surface area contributed by atoms with Crippen LogP contribution in [0.1, 0.15) is 6.92 Å². The van der Waals surface area contributed by atoms with E-state index >= 15 is 0 Å². The van der Waals surface area contributed by atoms with E-state index in [-0.39, 0.29) is 24.6 Å². The van der Waals surface area contributed by atoms with Crippen LogP contribution < -0.4 is 0 Å². The summed E-state index contributed by atoms with van der Waals surface area (Å²) in [5.41, 5.74) is 0. The second-order valence-corrected chi connectivity index (χ2v) is 4.46. The molecular weight excluding hydrogens is 154 g/mol. The highest BCUT2D eigenvalue weighted by molar-refractivity contribution is 7.89. The van der Waals surface area contributed by atoms with Crippen LogP contribution in [-0.2, 0) is 14.8 Å². The first kappa shape index (κ1) is 7.68. The summed E-state index contributed by atoms with van der Waals surface area (Å²) >= 11 is 0. The van der Waals surface area contributed by atoms with Crippen LogP contribution in [0.2, 0.25) is 0 Å². The number of rotatable bonds is 2. The first-order valence-electron chi connectivity index (χ1n) is 3.06. The molecule has 0 saturated carbocycles. The Bertz CT molecular complexity index is 236. The number of sulfonamides is 1. The van der Waals surface area contributed by atoms with Crippen molar-refractivity contribution in [2.75, 3.05) is 18.8 Å². The molecule has 1 rings (SSSR count). The number of ketones is 1. The average Bonchev–Trinajstić information content (AvgIpc) is 1.81. The molecule has 0 unspecified atom stereocenters. The van der Waals surface area contributed by atoms with Crippen molar-refractivity contribution in [2.24, 2.45) is 0 Å². The van der Waals surface area contributed by atoms with E-state index in [9.17, 15) is 13.2 Å². The van der Waals surface area contributed by atoms with Crippen molar-refractivity contribution in [1.82, 2.24) is 4.31 Å². The van der Waals surface area contributed by atoms with Gasteiger partial charge in [-0.2, -0.15) is 4.31 Å². The van der Waals surface area contributed by atoms with E-state index < -0.39 is 10.0 Å². The topological polar surface area (TPSA) is 54.5 Å². The molecular formula is C5H9NO3S. The van der Waals surface area contributed by atoms with Crippen LogP contribution >= 0.6 is 0 Å². The average molecular weight is 163 g/mol.